The van der Waals surface area contributed by atoms with Crippen LogP contribution in [0.4, 0.5) is 5.69 Å². The Morgan fingerprint density at radius 2 is 2.06 bits per heavy atom. The van der Waals surface area contributed by atoms with E-state index in [1.165, 1.54) is 6.92 Å². The summed E-state index contributed by atoms with van der Waals surface area (Å²) in [7, 11) is 0. The van der Waals surface area contributed by atoms with E-state index in [1.807, 2.05) is 0 Å². The summed E-state index contributed by atoms with van der Waals surface area (Å²) in [6.45, 7) is 4.88. The van der Waals surface area contributed by atoms with Crippen LogP contribution in [-0.4, -0.2) is 17.3 Å². The molecule has 84 valence electrons. The minimum atomic E-state index is -0.870. The van der Waals surface area contributed by atoms with Crippen molar-refractivity contribution in [1.29, 1.82) is 0 Å². The van der Waals surface area contributed by atoms with Gasteiger partial charge in [-0.1, -0.05) is 0 Å². The van der Waals surface area contributed by atoms with Gasteiger partial charge >= 0.3 is 0 Å². The van der Waals surface area contributed by atoms with E-state index in [0.29, 0.717) is 17.0 Å². The highest BCUT2D eigenvalue weighted by Crippen LogP contribution is 2.34. The number of carbonyl (C=O) groups excluding carboxylic acids is 2. The number of benzene rings is 1. The van der Waals surface area contributed by atoms with Crippen LogP contribution in [0.2, 0.25) is 0 Å². The first-order chi connectivity index (χ1) is 7.40. The molecule has 2 rings (SSSR count). The van der Waals surface area contributed by atoms with E-state index in [-0.39, 0.29) is 11.7 Å². The van der Waals surface area contributed by atoms with Crippen molar-refractivity contribution in [3.8, 4) is 5.75 Å². The number of hydrogen-bond donors (Lipinski definition) is 1. The van der Waals surface area contributed by atoms with E-state index in [1.54, 1.807) is 32.0 Å². The number of anilines is 1. The van der Waals surface area contributed by atoms with Crippen molar-refractivity contribution >= 4 is 17.4 Å². The third kappa shape index (κ3) is 1.66. The molecule has 16 heavy (non-hydrogen) atoms. The van der Waals surface area contributed by atoms with Crippen LogP contribution in [0.5, 0.6) is 5.75 Å². The lowest BCUT2D eigenvalue weighted by Crippen LogP contribution is -2.45. The van der Waals surface area contributed by atoms with Crippen molar-refractivity contribution in [3.63, 3.8) is 0 Å². The maximum absolute atomic E-state index is 11.6. The topological polar surface area (TPSA) is 55.4 Å². The summed E-state index contributed by atoms with van der Waals surface area (Å²) in [5, 5.41) is 2.73. The molecule has 0 aromatic heterocycles. The molecule has 4 heteroatoms. The van der Waals surface area contributed by atoms with Gasteiger partial charge < -0.3 is 10.1 Å². The summed E-state index contributed by atoms with van der Waals surface area (Å²) < 4.78 is 5.54. The van der Waals surface area contributed by atoms with E-state index < -0.39 is 5.60 Å². The fraction of sp³-hybridized carbons (Fsp3) is 0.333. The van der Waals surface area contributed by atoms with Crippen LogP contribution in [0.25, 0.3) is 0 Å². The normalized spacial score (nSPS) is 17.1. The van der Waals surface area contributed by atoms with Gasteiger partial charge in [0.15, 0.2) is 11.4 Å². The molecule has 1 aromatic carbocycles. The van der Waals surface area contributed by atoms with Gasteiger partial charge in [0.25, 0.3) is 5.91 Å². The van der Waals surface area contributed by atoms with Crippen molar-refractivity contribution in [2.24, 2.45) is 0 Å². The van der Waals surface area contributed by atoms with E-state index in [2.05, 4.69) is 5.32 Å². The zero-order valence-corrected chi connectivity index (χ0v) is 9.46. The van der Waals surface area contributed by atoms with Gasteiger partial charge in [-0.25, -0.2) is 0 Å². The second-order valence-electron chi connectivity index (χ2n) is 4.33. The van der Waals surface area contributed by atoms with Crippen LogP contribution in [0.3, 0.4) is 0 Å². The van der Waals surface area contributed by atoms with Gasteiger partial charge in [0, 0.05) is 5.56 Å². The van der Waals surface area contributed by atoms with Gasteiger partial charge in [0.1, 0.15) is 5.75 Å². The Balaban J connectivity index is 2.44. The molecule has 0 unspecified atom stereocenters. The van der Waals surface area contributed by atoms with Crippen molar-refractivity contribution in [2.75, 3.05) is 5.32 Å². The maximum Gasteiger partial charge on any atom is 0.268 e. The summed E-state index contributed by atoms with van der Waals surface area (Å²) in [4.78, 5) is 22.8. The highest BCUT2D eigenvalue weighted by Gasteiger charge is 2.35. The molecule has 0 spiro atoms. The smallest absolute Gasteiger partial charge is 0.268 e. The van der Waals surface area contributed by atoms with E-state index in [4.69, 9.17) is 4.74 Å². The number of ketones is 1. The standard InChI is InChI=1S/C12H13NO3/c1-7(14)8-4-5-10-9(6-8)13-11(15)12(2,3)16-10/h4-6H,1-3H3,(H,13,15). The molecule has 1 aliphatic rings. The molecule has 1 aromatic rings. The second kappa shape index (κ2) is 3.33. The molecule has 4 nitrogen and oxygen atoms in total. The number of Topliss-reactive ketones (excluding diaryl/α,β-unsaturated/α-hetero) is 1. The number of amides is 1. The van der Waals surface area contributed by atoms with Gasteiger partial charge in [-0.2, -0.15) is 0 Å². The molecule has 0 bridgehead atoms. The van der Waals surface area contributed by atoms with Crippen LogP contribution in [0.1, 0.15) is 31.1 Å². The minimum Gasteiger partial charge on any atom is -0.476 e. The number of nitrogens with one attached hydrogen (secondary N) is 1. The summed E-state index contributed by atoms with van der Waals surface area (Å²) in [6.07, 6.45) is 0. The molecular formula is C12H13NO3. The molecule has 1 N–H and O–H groups in total. The van der Waals surface area contributed by atoms with Crippen LogP contribution in [0.15, 0.2) is 18.2 Å². The molecule has 0 fully saturated rings. The Labute approximate surface area is 93.6 Å². The van der Waals surface area contributed by atoms with Gasteiger partial charge in [0.05, 0.1) is 5.69 Å². The predicted molar refractivity (Wildman–Crippen MR) is 59.8 cm³/mol. The Morgan fingerprint density at radius 1 is 1.38 bits per heavy atom. The molecular weight excluding hydrogens is 206 g/mol. The molecule has 0 saturated carbocycles. The lowest BCUT2D eigenvalue weighted by Gasteiger charge is -2.31. The third-order valence-electron chi connectivity index (χ3n) is 2.55. The predicted octanol–water partition coefficient (Wildman–Crippen LogP) is 2.00. The van der Waals surface area contributed by atoms with Crippen molar-refractivity contribution < 1.29 is 14.3 Å². The Morgan fingerprint density at radius 3 is 2.69 bits per heavy atom. The first kappa shape index (κ1) is 10.7. The lowest BCUT2D eigenvalue weighted by molar-refractivity contribution is -0.129. The number of rotatable bonds is 1. The Kier molecular flexibility index (Phi) is 2.22. The molecule has 0 atom stereocenters. The molecule has 0 radical (unpaired) electrons. The molecule has 1 amide bonds. The zero-order valence-electron chi connectivity index (χ0n) is 9.46. The Bertz CT molecular complexity index is 477. The zero-order chi connectivity index (χ0) is 11.9. The molecule has 0 saturated heterocycles. The average molecular weight is 219 g/mol. The first-order valence-electron chi connectivity index (χ1n) is 5.05. The van der Waals surface area contributed by atoms with E-state index in [0.717, 1.165) is 0 Å². The van der Waals surface area contributed by atoms with Crippen LogP contribution >= 0.6 is 0 Å². The van der Waals surface area contributed by atoms with Gasteiger partial charge in [-0.3, -0.25) is 9.59 Å². The molecule has 1 heterocycles. The maximum atomic E-state index is 11.6. The fourth-order valence-electron chi connectivity index (χ4n) is 1.53. The van der Waals surface area contributed by atoms with E-state index in [9.17, 15) is 9.59 Å². The van der Waals surface area contributed by atoms with Gasteiger partial charge in [-0.05, 0) is 39.0 Å². The Hall–Kier alpha value is -1.84. The lowest BCUT2D eigenvalue weighted by atomic mass is 10.0. The minimum absolute atomic E-state index is 0.0399. The number of ether oxygens (including phenoxy) is 1. The molecule has 1 aliphatic heterocycles. The van der Waals surface area contributed by atoms with Gasteiger partial charge in [-0.15, -0.1) is 0 Å². The van der Waals surface area contributed by atoms with Crippen LogP contribution in [0, 0.1) is 0 Å². The number of fused-ring (bicyclic) bond motifs is 1. The first-order valence-corrected chi connectivity index (χ1v) is 5.05. The largest absolute Gasteiger partial charge is 0.476 e. The van der Waals surface area contributed by atoms with Gasteiger partial charge in [0.2, 0.25) is 0 Å². The van der Waals surface area contributed by atoms with Crippen molar-refractivity contribution in [3.05, 3.63) is 23.8 Å². The quantitative estimate of drug-likeness (QED) is 0.735. The highest BCUT2D eigenvalue weighted by molar-refractivity contribution is 6.02. The van der Waals surface area contributed by atoms with Crippen molar-refractivity contribution in [2.45, 2.75) is 26.4 Å². The van der Waals surface area contributed by atoms with Crippen LogP contribution in [-0.2, 0) is 4.79 Å². The van der Waals surface area contributed by atoms with Crippen LogP contribution < -0.4 is 10.1 Å². The number of hydrogen-bond acceptors (Lipinski definition) is 3. The number of carbonyl (C=O) groups is 2. The second-order valence-corrected chi connectivity index (χ2v) is 4.33. The van der Waals surface area contributed by atoms with Crippen molar-refractivity contribution in [1.82, 2.24) is 0 Å². The summed E-state index contributed by atoms with van der Waals surface area (Å²) in [5.41, 5.74) is 0.240. The fourth-order valence-corrected chi connectivity index (χ4v) is 1.53. The van der Waals surface area contributed by atoms with E-state index >= 15 is 0 Å². The third-order valence-corrected chi connectivity index (χ3v) is 2.55. The summed E-state index contributed by atoms with van der Waals surface area (Å²) in [6, 6.07) is 5.02. The summed E-state index contributed by atoms with van der Waals surface area (Å²) >= 11 is 0. The monoisotopic (exact) mass is 219 g/mol. The summed E-state index contributed by atoms with van der Waals surface area (Å²) in [5.74, 6) is 0.345. The highest BCUT2D eigenvalue weighted by atomic mass is 16.5. The SMILES string of the molecule is CC(=O)c1ccc2c(c1)NC(=O)C(C)(C)O2. The molecule has 0 aliphatic carbocycles. The average Bonchev–Trinajstić information content (AvgIpc) is 2.18.